The van der Waals surface area contributed by atoms with Gasteiger partial charge in [-0.2, -0.15) is 0 Å². The Hall–Kier alpha value is -0.580. The van der Waals surface area contributed by atoms with E-state index in [1.165, 1.54) is 44.6 Å². The molecule has 1 aliphatic heterocycles. The van der Waals surface area contributed by atoms with E-state index in [0.29, 0.717) is 12.8 Å². The van der Waals surface area contributed by atoms with E-state index in [4.69, 9.17) is 11.7 Å². The minimum atomic E-state index is -3.68. The molecule has 8 nitrogen and oxygen atoms in total. The number of ether oxygens (including phenoxy) is 1. The SMILES string of the molecule is [2H]N([2H])[C@@]([2H])(C([2H])([2H])O)[C@](O)(/C=C/CCCCCCCCCCCCC)C1O[C@H](CO)[C@H](O)[C@H](O)[C@H]1O. The Morgan fingerprint density at radius 2 is 1.53 bits per heavy atom. The number of unbranched alkanes of at least 4 members (excludes halogenated alkanes) is 11. The van der Waals surface area contributed by atoms with Crippen LogP contribution in [0.5, 0.6) is 0 Å². The molecule has 8 heteroatoms. The quantitative estimate of drug-likeness (QED) is 0.117. The van der Waals surface area contributed by atoms with Crippen molar-refractivity contribution in [2.75, 3.05) is 13.2 Å². The van der Waals surface area contributed by atoms with Crippen LogP contribution >= 0.6 is 0 Å². The molecule has 32 heavy (non-hydrogen) atoms. The number of hydrogen-bond donors (Lipinski definition) is 7. The molecule has 1 unspecified atom stereocenters. The molecule has 7 atom stereocenters. The van der Waals surface area contributed by atoms with Gasteiger partial charge in [-0.25, -0.2) is 0 Å². The Morgan fingerprint density at radius 3 is 2.03 bits per heavy atom. The first-order valence-electron chi connectivity index (χ1n) is 14.4. The topological polar surface area (TPSA) is 157 Å². The van der Waals surface area contributed by atoms with E-state index in [1.807, 2.05) is 0 Å². The third-order valence-electron chi connectivity index (χ3n) is 6.16. The minimum Gasteiger partial charge on any atom is -0.395 e. The molecule has 8 N–H and O–H groups in total. The number of aliphatic hydroxyl groups is 6. The van der Waals surface area contributed by atoms with Crippen LogP contribution in [0.4, 0.5) is 0 Å². The standard InChI is InChI=1S/C24H47NO7/c1-2-3-4-5-6-7-8-9-10-11-12-13-14-15-24(31,19(25)17-27)23-22(30)21(29)20(28)18(16-26)32-23/h14-15,18-23,26-31H,2-13,16-17,25H2,1H3/b15-14+/t18-,19+,20+,21+,22-,23?,24-/m1/s1/i17D2,19D/hD2. The van der Waals surface area contributed by atoms with Gasteiger partial charge in [-0.3, -0.25) is 0 Å². The Labute approximate surface area is 200 Å². The van der Waals surface area contributed by atoms with Gasteiger partial charge in [0, 0.05) is 0 Å². The van der Waals surface area contributed by atoms with Crippen LogP contribution in [0.15, 0.2) is 12.2 Å². The Kier molecular flexibility index (Phi) is 11.0. The molecule has 0 bridgehead atoms. The lowest BCUT2D eigenvalue weighted by atomic mass is 9.80. The fraction of sp³-hybridized carbons (Fsp3) is 0.917. The molecule has 0 aromatic carbocycles. The summed E-state index contributed by atoms with van der Waals surface area (Å²) in [6.07, 6.45) is 5.61. The molecule has 1 rings (SSSR count). The fourth-order valence-corrected chi connectivity index (χ4v) is 4.05. The van der Waals surface area contributed by atoms with Gasteiger partial charge in [-0.05, 0) is 12.8 Å². The third kappa shape index (κ3) is 8.99. The molecular weight excluding hydrogens is 414 g/mol. The van der Waals surface area contributed by atoms with Gasteiger partial charge >= 0.3 is 0 Å². The van der Waals surface area contributed by atoms with Gasteiger partial charge in [0.25, 0.3) is 0 Å². The Morgan fingerprint density at radius 1 is 0.969 bits per heavy atom. The predicted octanol–water partition coefficient (Wildman–Crippen LogP) is 1.14. The highest BCUT2D eigenvalue weighted by atomic mass is 16.6. The normalized spacial score (nSPS) is 33.1. The van der Waals surface area contributed by atoms with Gasteiger partial charge in [0.15, 0.2) is 0 Å². The van der Waals surface area contributed by atoms with Crippen molar-refractivity contribution in [3.63, 3.8) is 0 Å². The summed E-state index contributed by atoms with van der Waals surface area (Å²) in [7, 11) is 0. The van der Waals surface area contributed by atoms with E-state index in [0.717, 1.165) is 31.8 Å². The van der Waals surface area contributed by atoms with Gasteiger partial charge < -0.3 is 41.1 Å². The summed E-state index contributed by atoms with van der Waals surface area (Å²) in [5, 5.41) is 61.8. The van der Waals surface area contributed by atoms with Crippen molar-refractivity contribution in [1.29, 1.82) is 0 Å². The maximum Gasteiger partial charge on any atom is 0.129 e. The Balaban J connectivity index is 2.89. The maximum absolute atomic E-state index is 11.5. The van der Waals surface area contributed by atoms with Crippen LogP contribution < -0.4 is 5.72 Å². The summed E-state index contributed by atoms with van der Waals surface area (Å²) in [5.41, 5.74) is -3.60. The zero-order valence-corrected chi connectivity index (χ0v) is 19.3. The molecule has 0 amide bonds. The number of hydrogen-bond acceptors (Lipinski definition) is 8. The highest BCUT2D eigenvalue weighted by Crippen LogP contribution is 2.31. The Bertz CT molecular complexity index is 670. The lowest BCUT2D eigenvalue weighted by Crippen LogP contribution is -2.69. The number of rotatable bonds is 18. The van der Waals surface area contributed by atoms with Crippen molar-refractivity contribution in [1.82, 2.24) is 0 Å². The molecule has 0 radical (unpaired) electrons. The summed E-state index contributed by atoms with van der Waals surface area (Å²) in [5.74, 6) is 0. The van der Waals surface area contributed by atoms with Crippen molar-refractivity contribution < 1.29 is 42.3 Å². The van der Waals surface area contributed by atoms with Gasteiger partial charge in [0.2, 0.25) is 0 Å². The summed E-state index contributed by atoms with van der Waals surface area (Å²) in [6.45, 7) is -2.33. The largest absolute Gasteiger partial charge is 0.395 e. The monoisotopic (exact) mass is 466 g/mol. The van der Waals surface area contributed by atoms with Crippen LogP contribution in [-0.4, -0.2) is 85.9 Å². The fourth-order valence-electron chi connectivity index (χ4n) is 4.05. The second kappa shape index (κ2) is 16.1. The molecule has 1 aliphatic rings. The zero-order valence-electron chi connectivity index (χ0n) is 24.3. The highest BCUT2D eigenvalue weighted by Gasteiger charge is 2.53. The molecule has 0 aromatic heterocycles. The first kappa shape index (κ1) is 21.9. The zero-order chi connectivity index (χ0) is 28.3. The minimum absolute atomic E-state index is 0.372. The number of aliphatic hydroxyl groups excluding tert-OH is 4. The van der Waals surface area contributed by atoms with E-state index in [-0.39, 0.29) is 0 Å². The average Bonchev–Trinajstić information content (AvgIpc) is 2.84. The van der Waals surface area contributed by atoms with Crippen LogP contribution in [0.2, 0.25) is 2.82 Å². The van der Waals surface area contributed by atoms with Gasteiger partial charge in [0.05, 0.1) is 23.3 Å². The average molecular weight is 467 g/mol. The molecule has 1 fully saturated rings. The lowest BCUT2D eigenvalue weighted by molar-refractivity contribution is -0.265. The highest BCUT2D eigenvalue weighted by molar-refractivity contribution is 5.15. The van der Waals surface area contributed by atoms with Crippen molar-refractivity contribution >= 4 is 0 Å². The summed E-state index contributed by atoms with van der Waals surface area (Å²) < 4.78 is 44.4. The van der Waals surface area contributed by atoms with Crippen molar-refractivity contribution in [3.8, 4) is 0 Å². The molecule has 0 aliphatic carbocycles. The van der Waals surface area contributed by atoms with E-state index in [9.17, 15) is 30.6 Å². The number of nitrogens with two attached hydrogens (primary N) is 1. The second-order valence-electron chi connectivity index (χ2n) is 8.76. The predicted molar refractivity (Wildman–Crippen MR) is 124 cm³/mol. The van der Waals surface area contributed by atoms with E-state index in [1.54, 1.807) is 0 Å². The van der Waals surface area contributed by atoms with Gasteiger partial charge in [-0.15, -0.1) is 0 Å². The second-order valence-corrected chi connectivity index (χ2v) is 8.76. The van der Waals surface area contributed by atoms with Gasteiger partial charge in [-0.1, -0.05) is 83.3 Å². The summed E-state index contributed by atoms with van der Waals surface area (Å²) >= 11 is 0. The molecule has 0 aromatic rings. The molecule has 0 spiro atoms. The molecule has 1 heterocycles. The summed E-state index contributed by atoms with van der Waals surface area (Å²) in [4.78, 5) is 0. The molecular formula is C24H47NO7. The van der Waals surface area contributed by atoms with Crippen molar-refractivity contribution in [2.45, 2.75) is 126 Å². The first-order chi connectivity index (χ1) is 17.3. The maximum atomic E-state index is 11.5. The first-order valence-corrected chi connectivity index (χ1v) is 12.0. The number of allylic oxidation sites excluding steroid dienone is 1. The molecule has 1 saturated heterocycles. The van der Waals surface area contributed by atoms with Crippen LogP contribution in [0.1, 0.15) is 88.1 Å². The van der Waals surface area contributed by atoms with Crippen LogP contribution in [0.3, 0.4) is 0 Å². The van der Waals surface area contributed by atoms with Crippen molar-refractivity contribution in [3.05, 3.63) is 12.2 Å². The molecule has 190 valence electrons. The summed E-state index contributed by atoms with van der Waals surface area (Å²) in [6, 6.07) is -3.46. The van der Waals surface area contributed by atoms with E-state index in [2.05, 4.69) is 6.92 Å². The third-order valence-corrected chi connectivity index (χ3v) is 6.16. The van der Waals surface area contributed by atoms with E-state index < -0.39 is 61.0 Å². The van der Waals surface area contributed by atoms with Crippen LogP contribution in [0, 0.1) is 0 Å². The molecule has 0 saturated carbocycles. The van der Waals surface area contributed by atoms with Gasteiger partial charge in [0.1, 0.15) is 38.9 Å². The van der Waals surface area contributed by atoms with Crippen LogP contribution in [0.25, 0.3) is 0 Å². The van der Waals surface area contributed by atoms with Crippen molar-refractivity contribution in [2.24, 2.45) is 5.72 Å². The van der Waals surface area contributed by atoms with Crippen LogP contribution in [-0.2, 0) is 4.74 Å². The smallest absolute Gasteiger partial charge is 0.129 e. The van der Waals surface area contributed by atoms with E-state index >= 15 is 0 Å². The lowest BCUT2D eigenvalue weighted by Gasteiger charge is -2.47.